The summed E-state index contributed by atoms with van der Waals surface area (Å²) in [6.07, 6.45) is 0.769. The Kier molecular flexibility index (Phi) is 9.05. The molecule has 0 saturated heterocycles. The second kappa shape index (κ2) is 12.0. The third-order valence-corrected chi connectivity index (χ3v) is 5.79. The van der Waals surface area contributed by atoms with Crippen LogP contribution >= 0.6 is 0 Å². The van der Waals surface area contributed by atoms with Gasteiger partial charge in [-0.2, -0.15) is 0 Å². The summed E-state index contributed by atoms with van der Waals surface area (Å²) in [4.78, 5) is 17.3. The molecule has 7 heteroatoms. The molecule has 2 aromatic carbocycles. The van der Waals surface area contributed by atoms with Crippen LogP contribution in [0.3, 0.4) is 0 Å². The van der Waals surface area contributed by atoms with E-state index in [0.29, 0.717) is 56.8 Å². The van der Waals surface area contributed by atoms with E-state index in [1.165, 1.54) is 5.56 Å². The fourth-order valence-electron chi connectivity index (χ4n) is 4.07. The summed E-state index contributed by atoms with van der Waals surface area (Å²) in [6.45, 7) is 9.58. The fraction of sp³-hybridized carbons (Fsp3) is 0.519. The third kappa shape index (κ3) is 7.03. The van der Waals surface area contributed by atoms with Crippen molar-refractivity contribution in [3.05, 3.63) is 47.5 Å². The highest BCUT2D eigenvalue weighted by Crippen LogP contribution is 2.39. The van der Waals surface area contributed by atoms with Gasteiger partial charge in [0.25, 0.3) is 0 Å². The standard InChI is InChI=1S/C27H39N3O4/c1-19(2)17-30(18-22-13-24(31)26-25(14-22)33-10-7-11-34-26)27(32)20(3)15-28-16-21-8-6-9-23(12-21)29(4)5/h6,8-9,12-14,19-20,28,31H,7,10-11,15-18H2,1-5H3. The molecule has 1 unspecified atom stereocenters. The predicted octanol–water partition coefficient (Wildman–Crippen LogP) is 4.03. The molecule has 0 spiro atoms. The minimum Gasteiger partial charge on any atom is -0.504 e. The Hall–Kier alpha value is -2.93. The number of amides is 1. The Bertz CT molecular complexity index is 961. The fourth-order valence-corrected chi connectivity index (χ4v) is 4.07. The first-order valence-corrected chi connectivity index (χ1v) is 12.1. The molecule has 1 amide bonds. The number of rotatable bonds is 10. The summed E-state index contributed by atoms with van der Waals surface area (Å²) >= 11 is 0. The Morgan fingerprint density at radius 2 is 1.85 bits per heavy atom. The van der Waals surface area contributed by atoms with Crippen LogP contribution in [0, 0.1) is 11.8 Å². The number of nitrogens with zero attached hydrogens (tertiary/aromatic N) is 2. The molecule has 2 N–H and O–H groups in total. The van der Waals surface area contributed by atoms with Crippen molar-refractivity contribution in [1.29, 1.82) is 0 Å². The number of phenols is 1. The molecule has 34 heavy (non-hydrogen) atoms. The number of fused-ring (bicyclic) bond motifs is 1. The maximum Gasteiger partial charge on any atom is 0.226 e. The van der Waals surface area contributed by atoms with E-state index in [1.54, 1.807) is 6.07 Å². The van der Waals surface area contributed by atoms with Gasteiger partial charge in [0.2, 0.25) is 11.7 Å². The average Bonchev–Trinajstić information content (AvgIpc) is 3.04. The van der Waals surface area contributed by atoms with Crippen molar-refractivity contribution in [1.82, 2.24) is 10.2 Å². The molecule has 1 aliphatic rings. The predicted molar refractivity (Wildman–Crippen MR) is 136 cm³/mol. The van der Waals surface area contributed by atoms with E-state index in [1.807, 2.05) is 32.0 Å². The quantitative estimate of drug-likeness (QED) is 0.547. The summed E-state index contributed by atoms with van der Waals surface area (Å²) in [5.74, 6) is 1.23. The molecule has 2 aromatic rings. The van der Waals surface area contributed by atoms with Gasteiger partial charge in [0.1, 0.15) is 0 Å². The molecule has 7 nitrogen and oxygen atoms in total. The average molecular weight is 470 g/mol. The lowest BCUT2D eigenvalue weighted by atomic mass is 10.1. The Labute approximate surface area is 203 Å². The van der Waals surface area contributed by atoms with Gasteiger partial charge in [-0.3, -0.25) is 4.79 Å². The molecule has 1 atom stereocenters. The van der Waals surface area contributed by atoms with Crippen molar-refractivity contribution < 1.29 is 19.4 Å². The number of anilines is 1. The van der Waals surface area contributed by atoms with Gasteiger partial charge in [-0.05, 0) is 41.3 Å². The highest BCUT2D eigenvalue weighted by molar-refractivity contribution is 5.78. The molecule has 0 aromatic heterocycles. The van der Waals surface area contributed by atoms with Crippen molar-refractivity contribution >= 4 is 11.6 Å². The highest BCUT2D eigenvalue weighted by Gasteiger charge is 2.23. The number of nitrogens with one attached hydrogen (secondary N) is 1. The minimum atomic E-state index is -0.176. The Morgan fingerprint density at radius 3 is 2.59 bits per heavy atom. The number of ether oxygens (including phenoxy) is 2. The maximum absolute atomic E-state index is 13.4. The lowest BCUT2D eigenvalue weighted by Crippen LogP contribution is -2.40. The largest absolute Gasteiger partial charge is 0.504 e. The highest BCUT2D eigenvalue weighted by atomic mass is 16.5. The van der Waals surface area contributed by atoms with Crippen molar-refractivity contribution in [2.24, 2.45) is 11.8 Å². The molecule has 0 fully saturated rings. The topological polar surface area (TPSA) is 74.3 Å². The minimum absolute atomic E-state index is 0.0565. The second-order valence-corrected chi connectivity index (χ2v) is 9.70. The van der Waals surface area contributed by atoms with E-state index >= 15 is 0 Å². The van der Waals surface area contributed by atoms with Gasteiger partial charge < -0.3 is 29.7 Å². The summed E-state index contributed by atoms with van der Waals surface area (Å²) < 4.78 is 11.4. The van der Waals surface area contributed by atoms with Crippen molar-refractivity contribution in [3.8, 4) is 17.2 Å². The lowest BCUT2D eigenvalue weighted by Gasteiger charge is -2.28. The van der Waals surface area contributed by atoms with Crippen molar-refractivity contribution in [2.45, 2.75) is 40.3 Å². The summed E-state index contributed by atoms with van der Waals surface area (Å²) in [6, 6.07) is 11.9. The van der Waals surface area contributed by atoms with Crippen LogP contribution in [0.25, 0.3) is 0 Å². The van der Waals surface area contributed by atoms with Crippen LogP contribution in [0.15, 0.2) is 36.4 Å². The number of hydrogen-bond acceptors (Lipinski definition) is 6. The number of carbonyl (C=O) groups excluding carboxylic acids is 1. The van der Waals surface area contributed by atoms with Crippen LogP contribution in [0.4, 0.5) is 5.69 Å². The molecular formula is C27H39N3O4. The molecule has 1 heterocycles. The van der Waals surface area contributed by atoms with Crippen LogP contribution in [-0.2, 0) is 17.9 Å². The van der Waals surface area contributed by atoms with E-state index in [0.717, 1.165) is 17.7 Å². The zero-order chi connectivity index (χ0) is 24.7. The normalized spacial score (nSPS) is 13.9. The maximum atomic E-state index is 13.4. The van der Waals surface area contributed by atoms with Gasteiger partial charge in [0, 0.05) is 58.3 Å². The molecule has 0 radical (unpaired) electrons. The molecule has 0 saturated carbocycles. The van der Waals surface area contributed by atoms with Gasteiger partial charge in [0.15, 0.2) is 11.5 Å². The molecule has 0 bridgehead atoms. The molecule has 3 rings (SSSR count). The number of phenolic OH excluding ortho intramolecular Hbond substituents is 1. The molecular weight excluding hydrogens is 430 g/mol. The van der Waals surface area contributed by atoms with E-state index in [9.17, 15) is 9.90 Å². The van der Waals surface area contributed by atoms with Gasteiger partial charge in [-0.25, -0.2) is 0 Å². The van der Waals surface area contributed by atoms with Gasteiger partial charge in [-0.1, -0.05) is 32.9 Å². The second-order valence-electron chi connectivity index (χ2n) is 9.70. The van der Waals surface area contributed by atoms with E-state index in [2.05, 4.69) is 48.3 Å². The van der Waals surface area contributed by atoms with Crippen molar-refractivity contribution in [2.75, 3.05) is 45.3 Å². The van der Waals surface area contributed by atoms with Crippen LogP contribution in [-0.4, -0.2) is 56.3 Å². The van der Waals surface area contributed by atoms with Crippen LogP contribution in [0.1, 0.15) is 38.3 Å². The number of benzene rings is 2. The summed E-state index contributed by atoms with van der Waals surface area (Å²) in [7, 11) is 4.05. The lowest BCUT2D eigenvalue weighted by molar-refractivity contribution is -0.136. The van der Waals surface area contributed by atoms with Gasteiger partial charge in [-0.15, -0.1) is 0 Å². The monoisotopic (exact) mass is 469 g/mol. The number of hydrogen-bond donors (Lipinski definition) is 2. The first-order valence-electron chi connectivity index (χ1n) is 12.1. The van der Waals surface area contributed by atoms with Crippen LogP contribution in [0.2, 0.25) is 0 Å². The zero-order valence-corrected chi connectivity index (χ0v) is 21.1. The Balaban J connectivity index is 1.64. The summed E-state index contributed by atoms with van der Waals surface area (Å²) in [5, 5.41) is 13.9. The Morgan fingerprint density at radius 1 is 1.09 bits per heavy atom. The SMILES string of the molecule is CC(C)CN(Cc1cc(O)c2c(c1)OCCCO2)C(=O)C(C)CNCc1cccc(N(C)C)c1. The third-order valence-electron chi connectivity index (χ3n) is 5.79. The van der Waals surface area contributed by atoms with Crippen LogP contribution < -0.4 is 19.7 Å². The first-order chi connectivity index (χ1) is 16.2. The van der Waals surface area contributed by atoms with Crippen molar-refractivity contribution in [3.63, 3.8) is 0 Å². The van der Waals surface area contributed by atoms with Gasteiger partial charge in [0.05, 0.1) is 13.2 Å². The summed E-state index contributed by atoms with van der Waals surface area (Å²) in [5.41, 5.74) is 3.17. The van der Waals surface area contributed by atoms with E-state index in [4.69, 9.17) is 9.47 Å². The first kappa shape index (κ1) is 25.7. The molecule has 0 aliphatic carbocycles. The van der Waals surface area contributed by atoms with E-state index < -0.39 is 0 Å². The molecule has 1 aliphatic heterocycles. The van der Waals surface area contributed by atoms with E-state index in [-0.39, 0.29) is 17.6 Å². The smallest absolute Gasteiger partial charge is 0.226 e. The van der Waals surface area contributed by atoms with Crippen LogP contribution in [0.5, 0.6) is 17.2 Å². The zero-order valence-electron chi connectivity index (χ0n) is 21.1. The number of aromatic hydroxyl groups is 1. The molecule has 186 valence electrons. The van der Waals surface area contributed by atoms with Gasteiger partial charge >= 0.3 is 0 Å². The number of carbonyl (C=O) groups is 1.